The lowest BCUT2D eigenvalue weighted by Gasteiger charge is -2.28. The Kier molecular flexibility index (Phi) is 6.51. The van der Waals surface area contributed by atoms with Crippen molar-refractivity contribution in [3.05, 3.63) is 0 Å². The summed E-state index contributed by atoms with van der Waals surface area (Å²) in [5.41, 5.74) is 5.41. The average Bonchev–Trinajstić information content (AvgIpc) is 2.85. The van der Waals surface area contributed by atoms with E-state index in [1.54, 1.807) is 7.05 Å². The molecule has 0 aromatic rings. The zero-order valence-corrected chi connectivity index (χ0v) is 12.2. The number of hydrogen-bond acceptors (Lipinski definition) is 4. The molecule has 1 fully saturated rings. The minimum Gasteiger partial charge on any atom is -0.377 e. The van der Waals surface area contributed by atoms with Gasteiger partial charge in [0.15, 0.2) is 0 Å². The summed E-state index contributed by atoms with van der Waals surface area (Å²) in [4.78, 5) is 0. The summed E-state index contributed by atoms with van der Waals surface area (Å²) in [6.45, 7) is 4.47. The molecule has 6 nitrogen and oxygen atoms in total. The van der Waals surface area contributed by atoms with E-state index in [-0.39, 0.29) is 6.10 Å². The molecule has 0 aliphatic carbocycles. The van der Waals surface area contributed by atoms with Crippen molar-refractivity contribution in [2.45, 2.75) is 32.3 Å². The number of nitrogens with two attached hydrogens (primary N) is 1. The number of rotatable bonds is 8. The largest absolute Gasteiger partial charge is 0.377 e. The third kappa shape index (κ3) is 4.17. The molecule has 0 bridgehead atoms. The first kappa shape index (κ1) is 15.8. The van der Waals surface area contributed by atoms with Crippen LogP contribution in [0.2, 0.25) is 0 Å². The molecule has 2 N–H and O–H groups in total. The average molecular weight is 279 g/mol. The Morgan fingerprint density at radius 1 is 1.44 bits per heavy atom. The molecule has 0 spiro atoms. The molecular formula is C11H25N3O3S. The molecule has 0 amide bonds. The molecule has 1 saturated heterocycles. The number of nitrogens with zero attached hydrogens (tertiary/aromatic N) is 2. The van der Waals surface area contributed by atoms with Crippen molar-refractivity contribution in [1.29, 1.82) is 0 Å². The Hall–Kier alpha value is -0.210. The van der Waals surface area contributed by atoms with Crippen LogP contribution in [-0.2, 0) is 14.9 Å². The lowest BCUT2D eigenvalue weighted by atomic mass is 10.2. The summed E-state index contributed by atoms with van der Waals surface area (Å²) in [6, 6.07) is 0. The fraction of sp³-hybridized carbons (Fsp3) is 1.00. The van der Waals surface area contributed by atoms with Crippen molar-refractivity contribution in [3.8, 4) is 0 Å². The Bertz CT molecular complexity index is 328. The second kappa shape index (κ2) is 7.40. The quantitative estimate of drug-likeness (QED) is 0.679. The van der Waals surface area contributed by atoms with Gasteiger partial charge in [-0.1, -0.05) is 6.92 Å². The lowest BCUT2D eigenvalue weighted by molar-refractivity contribution is 0.0934. The summed E-state index contributed by atoms with van der Waals surface area (Å²) < 4.78 is 33.0. The topological polar surface area (TPSA) is 75.9 Å². The van der Waals surface area contributed by atoms with Crippen LogP contribution in [0.15, 0.2) is 0 Å². The van der Waals surface area contributed by atoms with Crippen molar-refractivity contribution in [2.24, 2.45) is 5.73 Å². The van der Waals surface area contributed by atoms with Crippen molar-refractivity contribution in [1.82, 2.24) is 8.61 Å². The Balaban J connectivity index is 2.60. The third-order valence-corrected chi connectivity index (χ3v) is 5.21. The number of hydrogen-bond donors (Lipinski definition) is 1. The lowest BCUT2D eigenvalue weighted by Crippen LogP contribution is -2.45. The molecule has 18 heavy (non-hydrogen) atoms. The predicted octanol–water partition coefficient (Wildman–Crippen LogP) is 0.0127. The van der Waals surface area contributed by atoms with Crippen LogP contribution in [0.3, 0.4) is 0 Å². The first-order chi connectivity index (χ1) is 8.52. The van der Waals surface area contributed by atoms with Gasteiger partial charge >= 0.3 is 0 Å². The van der Waals surface area contributed by atoms with E-state index in [4.69, 9.17) is 10.5 Å². The SMILES string of the molecule is CCN(CC1CCCO1)S(=O)(=O)N(C)CCCN. The maximum Gasteiger partial charge on any atom is 0.281 e. The first-order valence-corrected chi connectivity index (χ1v) is 7.95. The van der Waals surface area contributed by atoms with Gasteiger partial charge in [-0.05, 0) is 25.8 Å². The minimum atomic E-state index is -3.38. The van der Waals surface area contributed by atoms with Crippen LogP contribution in [0.4, 0.5) is 0 Å². The molecule has 1 aliphatic heterocycles. The standard InChI is InChI=1S/C11H25N3O3S/c1-3-14(10-11-6-4-9-17-11)18(15,16)13(2)8-5-7-12/h11H,3-10,12H2,1-2H3. The zero-order valence-electron chi connectivity index (χ0n) is 11.3. The highest BCUT2D eigenvalue weighted by atomic mass is 32.2. The summed E-state index contributed by atoms with van der Waals surface area (Å²) in [6.07, 6.45) is 2.68. The maximum atomic E-state index is 12.3. The molecule has 0 aromatic heterocycles. The van der Waals surface area contributed by atoms with Crippen LogP contribution in [0.1, 0.15) is 26.2 Å². The predicted molar refractivity (Wildman–Crippen MR) is 71.4 cm³/mol. The monoisotopic (exact) mass is 279 g/mol. The molecule has 1 rings (SSSR count). The second-order valence-electron chi connectivity index (χ2n) is 4.56. The third-order valence-electron chi connectivity index (χ3n) is 3.18. The van der Waals surface area contributed by atoms with E-state index in [1.165, 1.54) is 8.61 Å². The molecule has 1 atom stereocenters. The van der Waals surface area contributed by atoms with Gasteiger partial charge in [0.25, 0.3) is 10.2 Å². The van der Waals surface area contributed by atoms with Crippen LogP contribution >= 0.6 is 0 Å². The van der Waals surface area contributed by atoms with Crippen LogP contribution in [-0.4, -0.2) is 63.0 Å². The van der Waals surface area contributed by atoms with Crippen LogP contribution in [0.5, 0.6) is 0 Å². The Morgan fingerprint density at radius 3 is 2.67 bits per heavy atom. The van der Waals surface area contributed by atoms with Gasteiger partial charge in [-0.25, -0.2) is 0 Å². The van der Waals surface area contributed by atoms with E-state index in [0.717, 1.165) is 19.4 Å². The molecule has 0 radical (unpaired) electrons. The zero-order chi connectivity index (χ0) is 13.6. The van der Waals surface area contributed by atoms with Gasteiger partial charge in [-0.15, -0.1) is 0 Å². The highest BCUT2D eigenvalue weighted by Crippen LogP contribution is 2.16. The summed E-state index contributed by atoms with van der Waals surface area (Å²) >= 11 is 0. The molecule has 1 aliphatic rings. The Morgan fingerprint density at radius 2 is 2.17 bits per heavy atom. The molecular weight excluding hydrogens is 254 g/mol. The molecule has 7 heteroatoms. The molecule has 0 aromatic carbocycles. The molecule has 108 valence electrons. The minimum absolute atomic E-state index is 0.0441. The molecule has 1 heterocycles. The van der Waals surface area contributed by atoms with E-state index in [0.29, 0.717) is 32.6 Å². The van der Waals surface area contributed by atoms with Gasteiger partial charge in [-0.3, -0.25) is 0 Å². The van der Waals surface area contributed by atoms with Crippen molar-refractivity contribution >= 4 is 10.2 Å². The van der Waals surface area contributed by atoms with Crippen LogP contribution in [0.25, 0.3) is 0 Å². The number of ether oxygens (including phenoxy) is 1. The second-order valence-corrected chi connectivity index (χ2v) is 6.59. The molecule has 0 saturated carbocycles. The highest BCUT2D eigenvalue weighted by molar-refractivity contribution is 7.86. The van der Waals surface area contributed by atoms with E-state index in [9.17, 15) is 8.42 Å². The normalized spacial score (nSPS) is 21.1. The van der Waals surface area contributed by atoms with Crippen LogP contribution < -0.4 is 5.73 Å². The van der Waals surface area contributed by atoms with Gasteiger partial charge in [0.2, 0.25) is 0 Å². The summed E-state index contributed by atoms with van der Waals surface area (Å²) in [5.74, 6) is 0. The van der Waals surface area contributed by atoms with E-state index in [2.05, 4.69) is 0 Å². The van der Waals surface area contributed by atoms with Gasteiger partial charge in [-0.2, -0.15) is 17.0 Å². The Labute approximate surface area is 110 Å². The van der Waals surface area contributed by atoms with E-state index < -0.39 is 10.2 Å². The smallest absolute Gasteiger partial charge is 0.281 e. The fourth-order valence-electron chi connectivity index (χ4n) is 2.03. The van der Waals surface area contributed by atoms with Crippen molar-refractivity contribution < 1.29 is 13.2 Å². The highest BCUT2D eigenvalue weighted by Gasteiger charge is 2.29. The maximum absolute atomic E-state index is 12.3. The van der Waals surface area contributed by atoms with Crippen molar-refractivity contribution in [2.75, 3.05) is 39.8 Å². The van der Waals surface area contributed by atoms with E-state index >= 15 is 0 Å². The number of likely N-dealkylation sites (N-methyl/N-ethyl adjacent to an activating group) is 1. The first-order valence-electron chi connectivity index (χ1n) is 6.55. The van der Waals surface area contributed by atoms with Gasteiger partial charge in [0, 0.05) is 33.3 Å². The molecule has 1 unspecified atom stereocenters. The van der Waals surface area contributed by atoms with Gasteiger partial charge < -0.3 is 10.5 Å². The van der Waals surface area contributed by atoms with Crippen LogP contribution in [0, 0.1) is 0 Å². The van der Waals surface area contributed by atoms with Crippen molar-refractivity contribution in [3.63, 3.8) is 0 Å². The summed E-state index contributed by atoms with van der Waals surface area (Å²) in [5, 5.41) is 0. The fourth-order valence-corrected chi connectivity index (χ4v) is 3.46. The van der Waals surface area contributed by atoms with E-state index in [1.807, 2.05) is 6.92 Å². The van der Waals surface area contributed by atoms with Gasteiger partial charge in [0.1, 0.15) is 0 Å². The van der Waals surface area contributed by atoms with Gasteiger partial charge in [0.05, 0.1) is 6.10 Å². The summed E-state index contributed by atoms with van der Waals surface area (Å²) in [7, 11) is -1.78.